The van der Waals surface area contributed by atoms with Crippen LogP contribution in [0.4, 0.5) is 4.79 Å². The van der Waals surface area contributed by atoms with Crippen LogP contribution in [0, 0.1) is 0 Å². The van der Waals surface area contributed by atoms with Crippen LogP contribution in [0.15, 0.2) is 24.3 Å². The predicted octanol–water partition coefficient (Wildman–Crippen LogP) is 1.70. The van der Waals surface area contributed by atoms with Crippen LogP contribution in [0.3, 0.4) is 0 Å². The van der Waals surface area contributed by atoms with E-state index in [0.717, 1.165) is 17.5 Å². The van der Waals surface area contributed by atoms with E-state index >= 15 is 0 Å². The SMILES string of the molecule is CCCNC(=O)N(C)Cc1cccc(CN)c1. The lowest BCUT2D eigenvalue weighted by Gasteiger charge is -2.18. The summed E-state index contributed by atoms with van der Waals surface area (Å²) >= 11 is 0. The summed E-state index contributed by atoms with van der Waals surface area (Å²) in [5, 5.41) is 2.84. The van der Waals surface area contributed by atoms with Crippen LogP contribution in [0.5, 0.6) is 0 Å². The van der Waals surface area contributed by atoms with Crippen molar-refractivity contribution in [3.05, 3.63) is 35.4 Å². The van der Waals surface area contributed by atoms with E-state index in [0.29, 0.717) is 19.6 Å². The molecule has 0 aliphatic rings. The molecule has 0 saturated carbocycles. The largest absolute Gasteiger partial charge is 0.338 e. The first-order chi connectivity index (χ1) is 8.17. The Hall–Kier alpha value is -1.55. The maximum atomic E-state index is 11.7. The summed E-state index contributed by atoms with van der Waals surface area (Å²) in [6, 6.07) is 7.95. The van der Waals surface area contributed by atoms with Gasteiger partial charge in [-0.3, -0.25) is 0 Å². The molecule has 2 amide bonds. The van der Waals surface area contributed by atoms with E-state index in [1.165, 1.54) is 0 Å². The van der Waals surface area contributed by atoms with Crippen molar-refractivity contribution >= 4 is 6.03 Å². The van der Waals surface area contributed by atoms with Crippen LogP contribution in [0.2, 0.25) is 0 Å². The highest BCUT2D eigenvalue weighted by Gasteiger charge is 2.07. The van der Waals surface area contributed by atoms with Crippen molar-refractivity contribution in [2.75, 3.05) is 13.6 Å². The number of carbonyl (C=O) groups is 1. The Morgan fingerprint density at radius 2 is 2.12 bits per heavy atom. The number of nitrogens with zero attached hydrogens (tertiary/aromatic N) is 1. The van der Waals surface area contributed by atoms with Gasteiger partial charge in [-0.05, 0) is 17.5 Å². The van der Waals surface area contributed by atoms with Gasteiger partial charge in [-0.2, -0.15) is 0 Å². The lowest BCUT2D eigenvalue weighted by molar-refractivity contribution is 0.207. The van der Waals surface area contributed by atoms with Crippen molar-refractivity contribution in [2.45, 2.75) is 26.4 Å². The second kappa shape index (κ2) is 6.91. The molecule has 0 unspecified atom stereocenters. The van der Waals surface area contributed by atoms with E-state index in [4.69, 9.17) is 5.73 Å². The minimum atomic E-state index is -0.0370. The van der Waals surface area contributed by atoms with Gasteiger partial charge < -0.3 is 16.0 Å². The molecule has 0 radical (unpaired) electrons. The normalized spacial score (nSPS) is 10.1. The Bertz CT molecular complexity index is 365. The van der Waals surface area contributed by atoms with Gasteiger partial charge in [0.2, 0.25) is 0 Å². The lowest BCUT2D eigenvalue weighted by atomic mass is 10.1. The van der Waals surface area contributed by atoms with Gasteiger partial charge in [-0.25, -0.2) is 4.79 Å². The summed E-state index contributed by atoms with van der Waals surface area (Å²) in [6.07, 6.45) is 0.947. The summed E-state index contributed by atoms with van der Waals surface area (Å²) in [5.74, 6) is 0. The van der Waals surface area contributed by atoms with Gasteiger partial charge in [0, 0.05) is 26.7 Å². The third-order valence-corrected chi connectivity index (χ3v) is 2.52. The maximum absolute atomic E-state index is 11.7. The standard InChI is InChI=1S/C13H21N3O/c1-3-7-15-13(17)16(2)10-12-6-4-5-11(8-12)9-14/h4-6,8H,3,7,9-10,14H2,1-2H3,(H,15,17). The Labute approximate surface area is 103 Å². The summed E-state index contributed by atoms with van der Waals surface area (Å²) in [6.45, 7) is 3.87. The summed E-state index contributed by atoms with van der Waals surface area (Å²) in [7, 11) is 1.79. The molecular weight excluding hydrogens is 214 g/mol. The molecule has 1 rings (SSSR count). The quantitative estimate of drug-likeness (QED) is 0.816. The Morgan fingerprint density at radius 3 is 2.76 bits per heavy atom. The van der Waals surface area contributed by atoms with Gasteiger partial charge >= 0.3 is 6.03 Å². The highest BCUT2D eigenvalue weighted by Crippen LogP contribution is 2.07. The highest BCUT2D eigenvalue weighted by atomic mass is 16.2. The average Bonchev–Trinajstić information content (AvgIpc) is 2.36. The summed E-state index contributed by atoms with van der Waals surface area (Å²) in [5.41, 5.74) is 7.77. The molecule has 0 aliphatic carbocycles. The molecule has 0 atom stereocenters. The molecule has 3 N–H and O–H groups in total. The molecule has 0 aliphatic heterocycles. The maximum Gasteiger partial charge on any atom is 0.317 e. The van der Waals surface area contributed by atoms with Crippen molar-refractivity contribution in [1.82, 2.24) is 10.2 Å². The van der Waals surface area contributed by atoms with E-state index in [1.54, 1.807) is 11.9 Å². The van der Waals surface area contributed by atoms with Gasteiger partial charge in [0.05, 0.1) is 0 Å². The van der Waals surface area contributed by atoms with E-state index in [-0.39, 0.29) is 6.03 Å². The molecule has 0 saturated heterocycles. The molecule has 0 heterocycles. The Morgan fingerprint density at radius 1 is 1.41 bits per heavy atom. The number of urea groups is 1. The van der Waals surface area contributed by atoms with Gasteiger partial charge in [0.25, 0.3) is 0 Å². The van der Waals surface area contributed by atoms with Crippen LogP contribution in [0.25, 0.3) is 0 Å². The molecular formula is C13H21N3O. The topological polar surface area (TPSA) is 58.4 Å². The number of nitrogens with two attached hydrogens (primary N) is 1. The monoisotopic (exact) mass is 235 g/mol. The Kier molecular flexibility index (Phi) is 5.49. The third kappa shape index (κ3) is 4.44. The van der Waals surface area contributed by atoms with Gasteiger partial charge in [0.15, 0.2) is 0 Å². The van der Waals surface area contributed by atoms with E-state index in [2.05, 4.69) is 5.32 Å². The second-order valence-electron chi connectivity index (χ2n) is 4.11. The van der Waals surface area contributed by atoms with Crippen molar-refractivity contribution in [3.8, 4) is 0 Å². The number of hydrogen-bond donors (Lipinski definition) is 2. The van der Waals surface area contributed by atoms with Crippen LogP contribution >= 0.6 is 0 Å². The second-order valence-corrected chi connectivity index (χ2v) is 4.11. The first kappa shape index (κ1) is 13.5. The van der Waals surface area contributed by atoms with Crippen molar-refractivity contribution in [2.24, 2.45) is 5.73 Å². The number of rotatable bonds is 5. The first-order valence-corrected chi connectivity index (χ1v) is 5.94. The Balaban J connectivity index is 2.54. The van der Waals surface area contributed by atoms with E-state index < -0.39 is 0 Å². The molecule has 0 aromatic heterocycles. The van der Waals surface area contributed by atoms with Crippen molar-refractivity contribution < 1.29 is 4.79 Å². The minimum absolute atomic E-state index is 0.0370. The first-order valence-electron chi connectivity index (χ1n) is 5.94. The van der Waals surface area contributed by atoms with Crippen LogP contribution in [0.1, 0.15) is 24.5 Å². The summed E-state index contributed by atoms with van der Waals surface area (Å²) in [4.78, 5) is 13.3. The van der Waals surface area contributed by atoms with Gasteiger partial charge in [-0.1, -0.05) is 31.2 Å². The molecule has 4 heteroatoms. The van der Waals surface area contributed by atoms with E-state index in [1.807, 2.05) is 31.2 Å². The molecule has 0 bridgehead atoms. The number of benzene rings is 1. The molecule has 17 heavy (non-hydrogen) atoms. The van der Waals surface area contributed by atoms with Crippen molar-refractivity contribution in [3.63, 3.8) is 0 Å². The number of hydrogen-bond acceptors (Lipinski definition) is 2. The molecule has 94 valence electrons. The zero-order valence-corrected chi connectivity index (χ0v) is 10.6. The molecule has 1 aromatic carbocycles. The molecule has 0 fully saturated rings. The fraction of sp³-hybridized carbons (Fsp3) is 0.462. The fourth-order valence-electron chi connectivity index (χ4n) is 1.57. The van der Waals surface area contributed by atoms with Crippen LogP contribution < -0.4 is 11.1 Å². The predicted molar refractivity (Wildman–Crippen MR) is 69.5 cm³/mol. The van der Waals surface area contributed by atoms with Gasteiger partial charge in [-0.15, -0.1) is 0 Å². The number of nitrogens with one attached hydrogen (secondary N) is 1. The van der Waals surface area contributed by atoms with Gasteiger partial charge in [0.1, 0.15) is 0 Å². The number of amides is 2. The fourth-order valence-corrected chi connectivity index (χ4v) is 1.57. The van der Waals surface area contributed by atoms with Crippen molar-refractivity contribution in [1.29, 1.82) is 0 Å². The van der Waals surface area contributed by atoms with E-state index in [9.17, 15) is 4.79 Å². The van der Waals surface area contributed by atoms with Crippen LogP contribution in [-0.2, 0) is 13.1 Å². The molecule has 0 spiro atoms. The van der Waals surface area contributed by atoms with Crippen LogP contribution in [-0.4, -0.2) is 24.5 Å². The highest BCUT2D eigenvalue weighted by molar-refractivity contribution is 5.73. The average molecular weight is 235 g/mol. The zero-order valence-electron chi connectivity index (χ0n) is 10.6. The smallest absolute Gasteiger partial charge is 0.317 e. The number of carbonyl (C=O) groups excluding carboxylic acids is 1. The minimum Gasteiger partial charge on any atom is -0.338 e. The molecule has 4 nitrogen and oxygen atoms in total. The molecule has 1 aromatic rings. The lowest BCUT2D eigenvalue weighted by Crippen LogP contribution is -2.37. The zero-order chi connectivity index (χ0) is 12.7. The summed E-state index contributed by atoms with van der Waals surface area (Å²) < 4.78 is 0. The third-order valence-electron chi connectivity index (χ3n) is 2.52.